The molecule has 5 nitrogen and oxygen atoms in total. The summed E-state index contributed by atoms with van der Waals surface area (Å²) in [7, 11) is 1.30. The van der Waals surface area contributed by atoms with Gasteiger partial charge in [0.15, 0.2) is 11.5 Å². The van der Waals surface area contributed by atoms with Gasteiger partial charge in [-0.25, -0.2) is 0 Å². The molecule has 0 aliphatic carbocycles. The van der Waals surface area contributed by atoms with E-state index in [-0.39, 0.29) is 11.6 Å². The number of hydrogen-bond donors (Lipinski definition) is 2. The van der Waals surface area contributed by atoms with E-state index in [9.17, 15) is 10.0 Å². The SMILES string of the molecule is COc1cc(OC(C)C)c(OC)c(B(O)O)c1. The van der Waals surface area contributed by atoms with Gasteiger partial charge >= 0.3 is 7.12 Å². The van der Waals surface area contributed by atoms with Crippen molar-refractivity contribution in [3.8, 4) is 17.2 Å². The molecule has 0 fully saturated rings. The Kier molecular flexibility index (Phi) is 4.66. The normalized spacial score (nSPS) is 10.3. The molecule has 0 saturated carbocycles. The summed E-state index contributed by atoms with van der Waals surface area (Å²) in [4.78, 5) is 0. The van der Waals surface area contributed by atoms with Crippen LogP contribution in [0.4, 0.5) is 0 Å². The molecule has 0 aliphatic heterocycles. The van der Waals surface area contributed by atoms with Crippen LogP contribution >= 0.6 is 0 Å². The maximum absolute atomic E-state index is 9.28. The Balaban J connectivity index is 3.28. The van der Waals surface area contributed by atoms with Crippen LogP contribution < -0.4 is 19.7 Å². The smallest absolute Gasteiger partial charge is 0.492 e. The summed E-state index contributed by atoms with van der Waals surface area (Å²) < 4.78 is 15.7. The van der Waals surface area contributed by atoms with Gasteiger partial charge in [-0.05, 0) is 19.9 Å². The molecule has 1 aromatic rings. The zero-order valence-corrected chi connectivity index (χ0v) is 10.4. The molecule has 1 aromatic carbocycles. The van der Waals surface area contributed by atoms with E-state index in [0.29, 0.717) is 17.2 Å². The minimum Gasteiger partial charge on any atom is -0.497 e. The van der Waals surface area contributed by atoms with Gasteiger partial charge in [-0.3, -0.25) is 0 Å². The Bertz CT molecular complexity index is 378. The molecular weight excluding hydrogens is 223 g/mol. The summed E-state index contributed by atoms with van der Waals surface area (Å²) in [5, 5.41) is 18.6. The van der Waals surface area contributed by atoms with Crippen LogP contribution in [0.3, 0.4) is 0 Å². The van der Waals surface area contributed by atoms with Gasteiger partial charge in [-0.15, -0.1) is 0 Å². The average molecular weight is 240 g/mol. The standard InChI is InChI=1S/C11H17BO5/c1-7(2)17-10-6-8(15-3)5-9(12(13)14)11(10)16-4/h5-7,13-14H,1-4H3. The Hall–Kier alpha value is -1.40. The van der Waals surface area contributed by atoms with Gasteiger partial charge in [0.05, 0.1) is 20.3 Å². The van der Waals surface area contributed by atoms with Crippen molar-refractivity contribution in [3.05, 3.63) is 12.1 Å². The fourth-order valence-corrected chi connectivity index (χ4v) is 1.47. The summed E-state index contributed by atoms with van der Waals surface area (Å²) in [6, 6.07) is 3.14. The van der Waals surface area contributed by atoms with Crippen LogP contribution in [-0.4, -0.2) is 37.5 Å². The quantitative estimate of drug-likeness (QED) is 0.718. The molecule has 6 heteroatoms. The van der Waals surface area contributed by atoms with E-state index in [0.717, 1.165) is 0 Å². The Labute approximate surface area is 101 Å². The van der Waals surface area contributed by atoms with Gasteiger partial charge in [0, 0.05) is 11.5 Å². The Morgan fingerprint density at radius 1 is 1.12 bits per heavy atom. The van der Waals surface area contributed by atoms with Crippen LogP contribution in [0.2, 0.25) is 0 Å². The lowest BCUT2D eigenvalue weighted by molar-refractivity contribution is 0.229. The fourth-order valence-electron chi connectivity index (χ4n) is 1.47. The summed E-state index contributed by atoms with van der Waals surface area (Å²) in [6.45, 7) is 3.74. The second-order valence-electron chi connectivity index (χ2n) is 3.79. The highest BCUT2D eigenvalue weighted by molar-refractivity contribution is 6.60. The number of methoxy groups -OCH3 is 2. The molecule has 0 spiro atoms. The van der Waals surface area contributed by atoms with Gasteiger partial charge in [-0.1, -0.05) is 0 Å². The first kappa shape index (κ1) is 13.7. The third-order valence-corrected chi connectivity index (χ3v) is 2.14. The molecule has 0 unspecified atom stereocenters. The lowest BCUT2D eigenvalue weighted by Crippen LogP contribution is -2.31. The summed E-state index contributed by atoms with van der Waals surface area (Å²) in [5.41, 5.74) is 0.211. The van der Waals surface area contributed by atoms with Gasteiger partial charge in [0.25, 0.3) is 0 Å². The average Bonchev–Trinajstić information content (AvgIpc) is 2.26. The first-order valence-electron chi connectivity index (χ1n) is 5.28. The molecule has 94 valence electrons. The zero-order chi connectivity index (χ0) is 13.0. The van der Waals surface area contributed by atoms with Gasteiger partial charge < -0.3 is 24.3 Å². The largest absolute Gasteiger partial charge is 0.497 e. The first-order chi connectivity index (χ1) is 7.99. The molecule has 0 bridgehead atoms. The third-order valence-electron chi connectivity index (χ3n) is 2.14. The number of benzene rings is 1. The molecule has 0 atom stereocenters. The minimum atomic E-state index is -1.64. The summed E-state index contributed by atoms with van der Waals surface area (Å²) in [6.07, 6.45) is -0.0558. The van der Waals surface area contributed by atoms with E-state index < -0.39 is 7.12 Å². The van der Waals surface area contributed by atoms with Crippen molar-refractivity contribution in [2.45, 2.75) is 20.0 Å². The fraction of sp³-hybridized carbons (Fsp3) is 0.455. The van der Waals surface area contributed by atoms with Crippen molar-refractivity contribution in [2.24, 2.45) is 0 Å². The molecule has 0 amide bonds. The van der Waals surface area contributed by atoms with Crippen molar-refractivity contribution < 1.29 is 24.3 Å². The Morgan fingerprint density at radius 2 is 1.76 bits per heavy atom. The van der Waals surface area contributed by atoms with Crippen LogP contribution in [0.5, 0.6) is 17.2 Å². The molecule has 0 aliphatic rings. The topological polar surface area (TPSA) is 68.2 Å². The molecule has 0 heterocycles. The van der Waals surface area contributed by atoms with E-state index in [2.05, 4.69) is 0 Å². The minimum absolute atomic E-state index is 0.0558. The van der Waals surface area contributed by atoms with Crippen LogP contribution in [0.15, 0.2) is 12.1 Å². The highest BCUT2D eigenvalue weighted by Crippen LogP contribution is 2.30. The number of ether oxygens (including phenoxy) is 3. The van der Waals surface area contributed by atoms with E-state index in [1.807, 2.05) is 13.8 Å². The molecule has 17 heavy (non-hydrogen) atoms. The third kappa shape index (κ3) is 3.28. The van der Waals surface area contributed by atoms with E-state index >= 15 is 0 Å². The predicted octanol–water partition coefficient (Wildman–Crippen LogP) is 0.171. The highest BCUT2D eigenvalue weighted by atomic mass is 16.5. The van der Waals surface area contributed by atoms with Crippen LogP contribution in [0.25, 0.3) is 0 Å². The number of hydrogen-bond acceptors (Lipinski definition) is 5. The van der Waals surface area contributed by atoms with E-state index in [4.69, 9.17) is 14.2 Å². The summed E-state index contributed by atoms with van der Waals surface area (Å²) in [5.74, 6) is 1.20. The lowest BCUT2D eigenvalue weighted by Gasteiger charge is -2.17. The molecule has 2 N–H and O–H groups in total. The zero-order valence-electron chi connectivity index (χ0n) is 10.4. The van der Waals surface area contributed by atoms with Crippen molar-refractivity contribution in [1.82, 2.24) is 0 Å². The molecule has 1 rings (SSSR count). The van der Waals surface area contributed by atoms with Crippen LogP contribution in [0, 0.1) is 0 Å². The van der Waals surface area contributed by atoms with Crippen molar-refractivity contribution in [2.75, 3.05) is 14.2 Å². The monoisotopic (exact) mass is 240 g/mol. The predicted molar refractivity (Wildman–Crippen MR) is 65.1 cm³/mol. The van der Waals surface area contributed by atoms with Crippen molar-refractivity contribution in [1.29, 1.82) is 0 Å². The Morgan fingerprint density at radius 3 is 2.18 bits per heavy atom. The van der Waals surface area contributed by atoms with Crippen LogP contribution in [0.1, 0.15) is 13.8 Å². The van der Waals surface area contributed by atoms with Crippen molar-refractivity contribution in [3.63, 3.8) is 0 Å². The van der Waals surface area contributed by atoms with Gasteiger partial charge in [0.2, 0.25) is 0 Å². The second-order valence-corrected chi connectivity index (χ2v) is 3.79. The lowest BCUT2D eigenvalue weighted by atomic mass is 9.79. The maximum Gasteiger partial charge on any atom is 0.492 e. The molecule has 0 aromatic heterocycles. The van der Waals surface area contributed by atoms with E-state index in [1.165, 1.54) is 20.3 Å². The van der Waals surface area contributed by atoms with E-state index in [1.54, 1.807) is 6.07 Å². The summed E-state index contributed by atoms with van der Waals surface area (Å²) >= 11 is 0. The highest BCUT2D eigenvalue weighted by Gasteiger charge is 2.22. The van der Waals surface area contributed by atoms with Gasteiger partial charge in [0.1, 0.15) is 5.75 Å². The van der Waals surface area contributed by atoms with Crippen molar-refractivity contribution >= 4 is 12.6 Å². The second kappa shape index (κ2) is 5.79. The number of rotatable bonds is 5. The molecular formula is C11H17BO5. The molecule has 0 saturated heterocycles. The molecule has 0 radical (unpaired) electrons. The first-order valence-corrected chi connectivity index (χ1v) is 5.28. The van der Waals surface area contributed by atoms with Crippen LogP contribution in [-0.2, 0) is 0 Å². The van der Waals surface area contributed by atoms with Gasteiger partial charge in [-0.2, -0.15) is 0 Å². The maximum atomic E-state index is 9.28.